The molecule has 1 heterocycles. The fraction of sp³-hybridized carbons (Fsp3) is 0.118. The minimum absolute atomic E-state index is 0.349. The number of anilines is 1. The number of carbonyl (C=O) groups is 2. The number of fused-ring (bicyclic) bond motifs is 1. The van der Waals surface area contributed by atoms with Crippen LogP contribution in [-0.2, 0) is 11.3 Å². The van der Waals surface area contributed by atoms with Crippen molar-refractivity contribution in [1.29, 1.82) is 5.26 Å². The predicted octanol–water partition coefficient (Wildman–Crippen LogP) is 2.56. The summed E-state index contributed by atoms with van der Waals surface area (Å²) in [5.74, 6) is -2.11. The smallest absolute Gasteiger partial charge is 0.252 e. The lowest BCUT2D eigenvalue weighted by Crippen LogP contribution is -2.43. The zero-order valence-electron chi connectivity index (χ0n) is 11.2. The van der Waals surface area contributed by atoms with E-state index in [1.165, 1.54) is 4.90 Å². The van der Waals surface area contributed by atoms with Crippen LogP contribution in [0.25, 0.3) is 0 Å². The second-order valence-corrected chi connectivity index (χ2v) is 4.85. The largest absolute Gasteiger partial charge is 0.306 e. The molecule has 1 atom stereocenters. The molecule has 0 N–H and O–H groups in total. The Bertz CT molecular complexity index is 747. The van der Waals surface area contributed by atoms with Crippen LogP contribution in [0.4, 0.5) is 5.69 Å². The number of para-hydroxylation sites is 1. The van der Waals surface area contributed by atoms with Gasteiger partial charge in [-0.05, 0) is 17.7 Å². The van der Waals surface area contributed by atoms with Gasteiger partial charge in [-0.2, -0.15) is 5.26 Å². The van der Waals surface area contributed by atoms with E-state index in [1.807, 2.05) is 36.4 Å². The average Bonchev–Trinajstić information content (AvgIpc) is 2.53. The summed E-state index contributed by atoms with van der Waals surface area (Å²) in [6, 6.07) is 18.2. The number of benzene rings is 2. The summed E-state index contributed by atoms with van der Waals surface area (Å²) < 4.78 is 0. The number of hydrogen-bond donors (Lipinski definition) is 0. The predicted molar refractivity (Wildman–Crippen MR) is 77.5 cm³/mol. The molecule has 2 aromatic carbocycles. The third-order valence-electron chi connectivity index (χ3n) is 3.55. The van der Waals surface area contributed by atoms with Crippen LogP contribution in [0.2, 0.25) is 0 Å². The van der Waals surface area contributed by atoms with E-state index in [1.54, 1.807) is 24.3 Å². The van der Waals surface area contributed by atoms with Gasteiger partial charge in [0.05, 0.1) is 18.3 Å². The van der Waals surface area contributed by atoms with Crippen LogP contribution < -0.4 is 4.90 Å². The molecule has 0 aliphatic carbocycles. The van der Waals surface area contributed by atoms with E-state index in [0.29, 0.717) is 17.8 Å². The highest BCUT2D eigenvalue weighted by Gasteiger charge is 2.39. The summed E-state index contributed by atoms with van der Waals surface area (Å²) in [6.07, 6.45) is 0. The van der Waals surface area contributed by atoms with Crippen molar-refractivity contribution in [3.8, 4) is 6.07 Å². The Kier molecular flexibility index (Phi) is 3.25. The number of carbonyl (C=O) groups excluding carboxylic acids is 2. The molecule has 2 aromatic rings. The molecular formula is C17H12N2O2. The zero-order valence-corrected chi connectivity index (χ0v) is 11.2. The van der Waals surface area contributed by atoms with Gasteiger partial charge in [0.15, 0.2) is 11.7 Å². The van der Waals surface area contributed by atoms with Gasteiger partial charge in [-0.25, -0.2) is 0 Å². The van der Waals surface area contributed by atoms with Crippen LogP contribution in [-0.4, -0.2) is 11.7 Å². The Labute approximate surface area is 122 Å². The number of rotatable bonds is 2. The van der Waals surface area contributed by atoms with Crippen molar-refractivity contribution in [1.82, 2.24) is 0 Å². The summed E-state index contributed by atoms with van der Waals surface area (Å²) in [7, 11) is 0. The van der Waals surface area contributed by atoms with Gasteiger partial charge in [-0.3, -0.25) is 9.59 Å². The van der Waals surface area contributed by atoms with Crippen molar-refractivity contribution in [2.24, 2.45) is 5.92 Å². The molecule has 0 aromatic heterocycles. The summed E-state index contributed by atoms with van der Waals surface area (Å²) in [5.41, 5.74) is 1.95. The topological polar surface area (TPSA) is 61.2 Å². The van der Waals surface area contributed by atoms with Crippen LogP contribution in [0.15, 0.2) is 54.6 Å². The standard InChI is InChI=1S/C17H12N2O2/c18-10-14-16(20)13-8-4-5-9-15(13)19(17(14)21)11-12-6-2-1-3-7-12/h1-9,14H,11H2. The van der Waals surface area contributed by atoms with Crippen molar-refractivity contribution in [3.63, 3.8) is 0 Å². The van der Waals surface area contributed by atoms with Crippen molar-refractivity contribution < 1.29 is 9.59 Å². The first kappa shape index (κ1) is 13.1. The first-order valence-corrected chi connectivity index (χ1v) is 6.60. The van der Waals surface area contributed by atoms with Crippen molar-refractivity contribution in [2.45, 2.75) is 6.54 Å². The molecule has 0 radical (unpaired) electrons. The molecule has 1 unspecified atom stereocenters. The van der Waals surface area contributed by atoms with Crippen molar-refractivity contribution >= 4 is 17.4 Å². The maximum absolute atomic E-state index is 12.4. The summed E-state index contributed by atoms with van der Waals surface area (Å²) >= 11 is 0. The molecule has 1 amide bonds. The minimum atomic E-state index is -1.25. The van der Waals surface area contributed by atoms with Gasteiger partial charge in [0.25, 0.3) is 5.91 Å². The van der Waals surface area contributed by atoms with Crippen LogP contribution in [0.3, 0.4) is 0 Å². The fourth-order valence-electron chi connectivity index (χ4n) is 2.50. The normalized spacial score (nSPS) is 17.3. The Morgan fingerprint density at radius 3 is 2.38 bits per heavy atom. The zero-order chi connectivity index (χ0) is 14.8. The Morgan fingerprint density at radius 2 is 1.67 bits per heavy atom. The highest BCUT2D eigenvalue weighted by molar-refractivity contribution is 6.23. The lowest BCUT2D eigenvalue weighted by atomic mass is 9.91. The number of Topliss-reactive ketones (excluding diaryl/α,β-unsaturated/α-hetero) is 1. The SMILES string of the molecule is N#CC1C(=O)c2ccccc2N(Cc2ccccc2)C1=O. The third kappa shape index (κ3) is 2.19. The van der Waals surface area contributed by atoms with Crippen LogP contribution in [0.5, 0.6) is 0 Å². The first-order chi connectivity index (χ1) is 10.2. The summed E-state index contributed by atoms with van der Waals surface area (Å²) in [6.45, 7) is 0.349. The number of nitriles is 1. The number of ketones is 1. The Hall–Kier alpha value is -2.93. The van der Waals surface area contributed by atoms with E-state index in [-0.39, 0.29) is 0 Å². The van der Waals surface area contributed by atoms with E-state index in [2.05, 4.69) is 0 Å². The van der Waals surface area contributed by atoms with Crippen LogP contribution in [0, 0.1) is 17.2 Å². The molecule has 21 heavy (non-hydrogen) atoms. The second kappa shape index (κ2) is 5.22. The molecule has 0 spiro atoms. The first-order valence-electron chi connectivity index (χ1n) is 6.60. The summed E-state index contributed by atoms with van der Waals surface area (Å²) in [5, 5.41) is 9.12. The lowest BCUT2D eigenvalue weighted by Gasteiger charge is -2.30. The molecule has 1 aliphatic rings. The Balaban J connectivity index is 2.06. The number of hydrogen-bond acceptors (Lipinski definition) is 3. The van der Waals surface area contributed by atoms with Gasteiger partial charge >= 0.3 is 0 Å². The third-order valence-corrected chi connectivity index (χ3v) is 3.55. The van der Waals surface area contributed by atoms with Crippen molar-refractivity contribution in [2.75, 3.05) is 4.90 Å². The highest BCUT2D eigenvalue weighted by atomic mass is 16.2. The van der Waals surface area contributed by atoms with Gasteiger partial charge in [0, 0.05) is 5.56 Å². The molecule has 0 bridgehead atoms. The lowest BCUT2D eigenvalue weighted by molar-refractivity contribution is -0.120. The van der Waals surface area contributed by atoms with Crippen LogP contribution >= 0.6 is 0 Å². The van der Waals surface area contributed by atoms with E-state index >= 15 is 0 Å². The van der Waals surface area contributed by atoms with Gasteiger partial charge < -0.3 is 4.90 Å². The van der Waals surface area contributed by atoms with Gasteiger partial charge in [-0.1, -0.05) is 42.5 Å². The van der Waals surface area contributed by atoms with E-state index < -0.39 is 17.6 Å². The molecule has 4 nitrogen and oxygen atoms in total. The maximum Gasteiger partial charge on any atom is 0.252 e. The molecule has 0 saturated heterocycles. The van der Waals surface area contributed by atoms with Gasteiger partial charge in [0.1, 0.15) is 0 Å². The second-order valence-electron chi connectivity index (χ2n) is 4.85. The Morgan fingerprint density at radius 1 is 1.00 bits per heavy atom. The molecule has 4 heteroatoms. The molecule has 102 valence electrons. The summed E-state index contributed by atoms with van der Waals surface area (Å²) in [4.78, 5) is 26.1. The minimum Gasteiger partial charge on any atom is -0.306 e. The highest BCUT2D eigenvalue weighted by Crippen LogP contribution is 2.31. The van der Waals surface area contributed by atoms with E-state index in [9.17, 15) is 9.59 Å². The van der Waals surface area contributed by atoms with Crippen LogP contribution in [0.1, 0.15) is 15.9 Å². The monoisotopic (exact) mass is 276 g/mol. The molecule has 1 aliphatic heterocycles. The van der Waals surface area contributed by atoms with Crippen molar-refractivity contribution in [3.05, 3.63) is 65.7 Å². The molecule has 0 saturated carbocycles. The number of nitrogens with zero attached hydrogens (tertiary/aromatic N) is 2. The maximum atomic E-state index is 12.4. The molecule has 0 fully saturated rings. The number of amides is 1. The van der Waals surface area contributed by atoms with Gasteiger partial charge in [0.2, 0.25) is 0 Å². The molecule has 3 rings (SSSR count). The molecular weight excluding hydrogens is 264 g/mol. The van der Waals surface area contributed by atoms with E-state index in [0.717, 1.165) is 5.56 Å². The van der Waals surface area contributed by atoms with Gasteiger partial charge in [-0.15, -0.1) is 0 Å². The quantitative estimate of drug-likeness (QED) is 0.792. The fourth-order valence-corrected chi connectivity index (χ4v) is 2.50. The van der Waals surface area contributed by atoms with E-state index in [4.69, 9.17) is 5.26 Å². The average molecular weight is 276 g/mol.